The van der Waals surface area contributed by atoms with Crippen LogP contribution in [-0.2, 0) is 20.0 Å². The lowest BCUT2D eigenvalue weighted by Gasteiger charge is -1.99. The molecule has 0 fully saturated rings. The van der Waals surface area contributed by atoms with Crippen LogP contribution in [0.2, 0.25) is 0 Å². The van der Waals surface area contributed by atoms with Crippen LogP contribution in [0.3, 0.4) is 0 Å². The molecular formula is C8H15N3O2. The maximum atomic E-state index is 11.4. The molecule has 1 heterocycles. The molecule has 0 aliphatic rings. The summed E-state index contributed by atoms with van der Waals surface area (Å²) in [7, 11) is 1.64. The highest BCUT2D eigenvalue weighted by Gasteiger charge is 2.07. The minimum absolute atomic E-state index is 0.0876. The van der Waals surface area contributed by atoms with Crippen molar-refractivity contribution in [3.05, 3.63) is 16.3 Å². The maximum absolute atomic E-state index is 11.4. The number of aromatic nitrogens is 3. The second kappa shape index (κ2) is 4.23. The van der Waals surface area contributed by atoms with E-state index in [9.17, 15) is 4.79 Å². The van der Waals surface area contributed by atoms with Crippen molar-refractivity contribution in [1.82, 2.24) is 14.3 Å². The molecule has 13 heavy (non-hydrogen) atoms. The molecule has 0 amide bonds. The van der Waals surface area contributed by atoms with E-state index < -0.39 is 0 Å². The summed E-state index contributed by atoms with van der Waals surface area (Å²) in [6.07, 6.45) is 1.30. The molecule has 0 unspecified atom stereocenters. The fraction of sp³-hybridized carbons (Fsp3) is 0.750. The Morgan fingerprint density at radius 3 is 2.77 bits per heavy atom. The van der Waals surface area contributed by atoms with Gasteiger partial charge < -0.3 is 5.11 Å². The number of hydrogen-bond donors (Lipinski definition) is 1. The van der Waals surface area contributed by atoms with Crippen molar-refractivity contribution in [2.24, 2.45) is 7.05 Å². The summed E-state index contributed by atoms with van der Waals surface area (Å²) in [6.45, 7) is 2.67. The predicted octanol–water partition coefficient (Wildman–Crippen LogP) is -0.473. The molecule has 5 heteroatoms. The SMILES string of the molecule is CCn1c(CCCO)nn(C)c1=O. The van der Waals surface area contributed by atoms with E-state index in [1.54, 1.807) is 11.6 Å². The molecular weight excluding hydrogens is 170 g/mol. The van der Waals surface area contributed by atoms with Crippen LogP contribution in [0.1, 0.15) is 19.2 Å². The van der Waals surface area contributed by atoms with Gasteiger partial charge in [-0.25, -0.2) is 9.48 Å². The Balaban J connectivity index is 2.93. The zero-order chi connectivity index (χ0) is 9.84. The van der Waals surface area contributed by atoms with Crippen LogP contribution in [0, 0.1) is 0 Å². The molecule has 0 saturated carbocycles. The second-order valence-corrected chi connectivity index (χ2v) is 2.89. The van der Waals surface area contributed by atoms with Gasteiger partial charge in [-0.3, -0.25) is 4.57 Å². The van der Waals surface area contributed by atoms with Crippen molar-refractivity contribution >= 4 is 0 Å². The number of aryl methyl sites for hydroxylation is 2. The number of aliphatic hydroxyl groups is 1. The first-order valence-electron chi connectivity index (χ1n) is 4.44. The van der Waals surface area contributed by atoms with Gasteiger partial charge in [0, 0.05) is 26.6 Å². The van der Waals surface area contributed by atoms with Gasteiger partial charge in [0.05, 0.1) is 0 Å². The molecule has 0 saturated heterocycles. The van der Waals surface area contributed by atoms with Crippen molar-refractivity contribution in [3.63, 3.8) is 0 Å². The Hall–Kier alpha value is -1.10. The van der Waals surface area contributed by atoms with Crippen LogP contribution in [-0.4, -0.2) is 26.1 Å². The third-order valence-electron chi connectivity index (χ3n) is 1.96. The highest BCUT2D eigenvalue weighted by Crippen LogP contribution is 1.96. The van der Waals surface area contributed by atoms with Gasteiger partial charge in [0.15, 0.2) is 0 Å². The van der Waals surface area contributed by atoms with E-state index >= 15 is 0 Å². The number of rotatable bonds is 4. The predicted molar refractivity (Wildman–Crippen MR) is 48.5 cm³/mol. The van der Waals surface area contributed by atoms with Gasteiger partial charge in [0.2, 0.25) is 0 Å². The van der Waals surface area contributed by atoms with E-state index in [0.717, 1.165) is 5.82 Å². The summed E-state index contributed by atoms with van der Waals surface area (Å²) in [5.41, 5.74) is -0.0876. The lowest BCUT2D eigenvalue weighted by Crippen LogP contribution is -2.22. The van der Waals surface area contributed by atoms with Gasteiger partial charge >= 0.3 is 5.69 Å². The molecule has 0 aliphatic heterocycles. The standard InChI is InChI=1S/C8H15N3O2/c1-3-11-7(5-4-6-12)9-10(2)8(11)13/h12H,3-6H2,1-2H3. The summed E-state index contributed by atoms with van der Waals surface area (Å²) in [5, 5.41) is 12.7. The molecule has 5 nitrogen and oxygen atoms in total. The highest BCUT2D eigenvalue weighted by molar-refractivity contribution is 4.87. The fourth-order valence-corrected chi connectivity index (χ4v) is 1.29. The third kappa shape index (κ3) is 1.98. The zero-order valence-corrected chi connectivity index (χ0v) is 8.03. The van der Waals surface area contributed by atoms with Crippen LogP contribution < -0.4 is 5.69 Å². The average Bonchev–Trinajstić information content (AvgIpc) is 2.39. The minimum Gasteiger partial charge on any atom is -0.396 e. The Labute approximate surface area is 76.6 Å². The largest absolute Gasteiger partial charge is 0.396 e. The first-order valence-corrected chi connectivity index (χ1v) is 4.44. The highest BCUT2D eigenvalue weighted by atomic mass is 16.3. The van der Waals surface area contributed by atoms with E-state index in [-0.39, 0.29) is 12.3 Å². The monoisotopic (exact) mass is 185 g/mol. The van der Waals surface area contributed by atoms with Gasteiger partial charge in [0.25, 0.3) is 0 Å². The van der Waals surface area contributed by atoms with E-state index in [1.807, 2.05) is 6.92 Å². The van der Waals surface area contributed by atoms with Crippen molar-refractivity contribution in [3.8, 4) is 0 Å². The molecule has 0 aliphatic carbocycles. The third-order valence-corrected chi connectivity index (χ3v) is 1.96. The summed E-state index contributed by atoms with van der Waals surface area (Å²) in [6, 6.07) is 0. The average molecular weight is 185 g/mol. The summed E-state index contributed by atoms with van der Waals surface area (Å²) < 4.78 is 2.95. The first-order chi connectivity index (χ1) is 6.20. The molecule has 0 bridgehead atoms. The number of nitrogens with zero attached hydrogens (tertiary/aromatic N) is 3. The molecule has 74 valence electrons. The molecule has 1 aromatic heterocycles. The Morgan fingerprint density at radius 2 is 2.23 bits per heavy atom. The summed E-state index contributed by atoms with van der Waals surface area (Å²) in [5.74, 6) is 0.754. The molecule has 0 aromatic carbocycles. The number of aliphatic hydroxyl groups excluding tert-OH is 1. The Kier molecular flexibility index (Phi) is 3.25. The van der Waals surface area contributed by atoms with Crippen molar-refractivity contribution in [2.75, 3.05) is 6.61 Å². The molecule has 0 spiro atoms. The lowest BCUT2D eigenvalue weighted by atomic mass is 10.3. The summed E-state index contributed by atoms with van der Waals surface area (Å²) >= 11 is 0. The smallest absolute Gasteiger partial charge is 0.345 e. The van der Waals surface area contributed by atoms with Gasteiger partial charge in [-0.15, -0.1) is 0 Å². The van der Waals surface area contributed by atoms with Crippen LogP contribution in [0.5, 0.6) is 0 Å². The van der Waals surface area contributed by atoms with Gasteiger partial charge in [-0.1, -0.05) is 0 Å². The molecule has 1 aromatic rings. The van der Waals surface area contributed by atoms with Crippen molar-refractivity contribution in [1.29, 1.82) is 0 Å². The van der Waals surface area contributed by atoms with Gasteiger partial charge in [0.1, 0.15) is 5.82 Å². The first kappa shape index (κ1) is 9.98. The zero-order valence-electron chi connectivity index (χ0n) is 8.03. The molecule has 1 N–H and O–H groups in total. The molecule has 0 atom stereocenters. The quantitative estimate of drug-likeness (QED) is 0.689. The lowest BCUT2D eigenvalue weighted by molar-refractivity contribution is 0.286. The second-order valence-electron chi connectivity index (χ2n) is 2.89. The van der Waals surface area contributed by atoms with E-state index in [2.05, 4.69) is 5.10 Å². The number of hydrogen-bond acceptors (Lipinski definition) is 3. The minimum atomic E-state index is -0.0876. The maximum Gasteiger partial charge on any atom is 0.345 e. The molecule has 1 rings (SSSR count). The van der Waals surface area contributed by atoms with E-state index in [1.165, 1.54) is 4.68 Å². The van der Waals surface area contributed by atoms with Crippen LogP contribution in [0.4, 0.5) is 0 Å². The topological polar surface area (TPSA) is 60.0 Å². The Morgan fingerprint density at radius 1 is 1.54 bits per heavy atom. The molecule has 0 radical (unpaired) electrons. The van der Waals surface area contributed by atoms with Crippen LogP contribution in [0.15, 0.2) is 4.79 Å². The van der Waals surface area contributed by atoms with Crippen LogP contribution in [0.25, 0.3) is 0 Å². The van der Waals surface area contributed by atoms with Crippen LogP contribution >= 0.6 is 0 Å². The fourth-order valence-electron chi connectivity index (χ4n) is 1.29. The summed E-state index contributed by atoms with van der Waals surface area (Å²) in [4.78, 5) is 11.4. The van der Waals surface area contributed by atoms with E-state index in [4.69, 9.17) is 5.11 Å². The Bertz CT molecular complexity index is 327. The normalized spacial score (nSPS) is 10.7. The van der Waals surface area contributed by atoms with Crippen molar-refractivity contribution < 1.29 is 5.11 Å². The van der Waals surface area contributed by atoms with Gasteiger partial charge in [-0.2, -0.15) is 5.10 Å². The van der Waals surface area contributed by atoms with E-state index in [0.29, 0.717) is 19.4 Å². The van der Waals surface area contributed by atoms with Crippen molar-refractivity contribution in [2.45, 2.75) is 26.3 Å². The van der Waals surface area contributed by atoms with Gasteiger partial charge in [-0.05, 0) is 13.3 Å².